The Bertz CT molecular complexity index is 1230. The first-order valence-corrected chi connectivity index (χ1v) is 11.7. The number of hydrogen-bond donors (Lipinski definition) is 1. The van der Waals surface area contributed by atoms with Gasteiger partial charge in [-0.05, 0) is 67.6 Å². The van der Waals surface area contributed by atoms with Crippen LogP contribution < -0.4 is 10.2 Å². The van der Waals surface area contributed by atoms with Crippen molar-refractivity contribution in [3.8, 4) is 0 Å². The van der Waals surface area contributed by atoms with Gasteiger partial charge < -0.3 is 5.32 Å². The predicted octanol–water partition coefficient (Wildman–Crippen LogP) is 6.92. The van der Waals surface area contributed by atoms with Crippen LogP contribution in [0.3, 0.4) is 0 Å². The largest absolute Gasteiger partial charge is 0.322 e. The summed E-state index contributed by atoms with van der Waals surface area (Å²) in [6.45, 7) is 1.87. The van der Waals surface area contributed by atoms with Gasteiger partial charge in [0.05, 0.1) is 10.8 Å². The Morgan fingerprint density at radius 3 is 1.85 bits per heavy atom. The van der Waals surface area contributed by atoms with E-state index in [2.05, 4.69) is 5.32 Å². The molecule has 0 saturated heterocycles. The second kappa shape index (κ2) is 10.8. The summed E-state index contributed by atoms with van der Waals surface area (Å²) in [6.07, 6.45) is 0. The normalized spacial score (nSPS) is 11.5. The Labute approximate surface area is 202 Å². The Kier molecular flexibility index (Phi) is 7.40. The van der Waals surface area contributed by atoms with Crippen LogP contribution in [0.25, 0.3) is 0 Å². The molecule has 4 aromatic carbocycles. The molecule has 0 aliphatic carbocycles. The van der Waals surface area contributed by atoms with Crippen LogP contribution in [0.5, 0.6) is 0 Å². The lowest BCUT2D eigenvalue weighted by Crippen LogP contribution is -2.32. The van der Waals surface area contributed by atoms with Gasteiger partial charge in [-0.15, -0.1) is 11.8 Å². The summed E-state index contributed by atoms with van der Waals surface area (Å²) in [5.41, 5.74) is 2.14. The van der Waals surface area contributed by atoms with Crippen LogP contribution in [-0.4, -0.2) is 17.1 Å². The number of amides is 2. The molecule has 4 aromatic rings. The number of halogens is 1. The fourth-order valence-corrected chi connectivity index (χ4v) is 4.36. The van der Waals surface area contributed by atoms with E-state index in [4.69, 9.17) is 0 Å². The van der Waals surface area contributed by atoms with Gasteiger partial charge in [-0.2, -0.15) is 0 Å². The average molecular weight is 471 g/mol. The second-order valence-electron chi connectivity index (χ2n) is 7.56. The average Bonchev–Trinajstić information content (AvgIpc) is 2.87. The minimum absolute atomic E-state index is 0.0120. The maximum Gasteiger partial charge on any atom is 0.258 e. The molecule has 6 heteroatoms. The van der Waals surface area contributed by atoms with Crippen molar-refractivity contribution in [3.63, 3.8) is 0 Å². The second-order valence-corrected chi connectivity index (χ2v) is 8.98. The van der Waals surface area contributed by atoms with E-state index in [-0.39, 0.29) is 16.7 Å². The van der Waals surface area contributed by atoms with Crippen LogP contribution in [0, 0.1) is 5.82 Å². The third-order valence-corrected chi connectivity index (χ3v) is 6.24. The van der Waals surface area contributed by atoms with E-state index in [1.807, 2.05) is 79.7 Å². The number of carbonyl (C=O) groups excluding carboxylic acids is 2. The van der Waals surface area contributed by atoms with Gasteiger partial charge in [-0.3, -0.25) is 14.5 Å². The summed E-state index contributed by atoms with van der Waals surface area (Å²) in [7, 11) is 0. The third-order valence-electron chi connectivity index (χ3n) is 5.14. The van der Waals surface area contributed by atoms with Gasteiger partial charge >= 0.3 is 0 Å². The first kappa shape index (κ1) is 23.3. The van der Waals surface area contributed by atoms with Crippen LogP contribution in [0.2, 0.25) is 0 Å². The van der Waals surface area contributed by atoms with Crippen LogP contribution in [0.15, 0.2) is 114 Å². The molecule has 1 unspecified atom stereocenters. The molecule has 170 valence electrons. The summed E-state index contributed by atoms with van der Waals surface area (Å²) in [5.74, 6) is -1.12. The van der Waals surface area contributed by atoms with Gasteiger partial charge in [0.2, 0.25) is 5.91 Å². The summed E-state index contributed by atoms with van der Waals surface area (Å²) in [5, 5.41) is 2.34. The number of nitrogens with one attached hydrogen (secondary N) is 1. The molecule has 1 atom stereocenters. The van der Waals surface area contributed by atoms with E-state index in [1.54, 1.807) is 23.1 Å². The standard InChI is InChI=1S/C28H23FN2O2S/c1-20(28(33)31(22-10-4-2-5-11-22)23-12-6-3-7-13-23)34-24-18-16-21(17-19-24)30-27(32)25-14-8-9-15-26(25)29/h2-20H,1H3,(H,30,32). The van der Waals surface area contributed by atoms with Gasteiger partial charge in [-0.1, -0.05) is 48.5 Å². The molecule has 0 saturated carbocycles. The molecule has 0 heterocycles. The van der Waals surface area contributed by atoms with Gasteiger partial charge in [-0.25, -0.2) is 4.39 Å². The SMILES string of the molecule is CC(Sc1ccc(NC(=O)c2ccccc2F)cc1)C(=O)N(c1ccccc1)c1ccccc1. The summed E-state index contributed by atoms with van der Waals surface area (Å²) >= 11 is 1.43. The van der Waals surface area contributed by atoms with Crippen LogP contribution in [0.4, 0.5) is 21.5 Å². The number of anilines is 3. The van der Waals surface area contributed by atoms with Crippen molar-refractivity contribution in [2.75, 3.05) is 10.2 Å². The molecule has 0 radical (unpaired) electrons. The Morgan fingerprint density at radius 2 is 1.29 bits per heavy atom. The summed E-state index contributed by atoms with van der Waals surface area (Å²) < 4.78 is 13.8. The van der Waals surface area contributed by atoms with E-state index >= 15 is 0 Å². The molecule has 0 spiro atoms. The molecule has 0 aliphatic rings. The molecular weight excluding hydrogens is 447 g/mol. The first-order chi connectivity index (χ1) is 16.5. The minimum atomic E-state index is -0.569. The van der Waals surface area contributed by atoms with Crippen molar-refractivity contribution < 1.29 is 14.0 Å². The lowest BCUT2D eigenvalue weighted by molar-refractivity contribution is -0.117. The van der Waals surface area contributed by atoms with Crippen molar-refractivity contribution in [2.45, 2.75) is 17.1 Å². The molecule has 0 aliphatic heterocycles. The highest BCUT2D eigenvalue weighted by molar-refractivity contribution is 8.00. The number of benzene rings is 4. The van der Waals surface area contributed by atoms with E-state index in [9.17, 15) is 14.0 Å². The van der Waals surface area contributed by atoms with Gasteiger partial charge in [0.1, 0.15) is 5.82 Å². The number of nitrogens with zero attached hydrogens (tertiary/aromatic N) is 1. The minimum Gasteiger partial charge on any atom is -0.322 e. The van der Waals surface area contributed by atoms with Crippen molar-refractivity contribution in [2.24, 2.45) is 0 Å². The number of rotatable bonds is 7. The van der Waals surface area contributed by atoms with Crippen molar-refractivity contribution in [1.82, 2.24) is 0 Å². The molecule has 0 aromatic heterocycles. The lowest BCUT2D eigenvalue weighted by Gasteiger charge is -2.26. The molecule has 2 amide bonds. The highest BCUT2D eigenvalue weighted by atomic mass is 32.2. The molecule has 1 N–H and O–H groups in total. The molecule has 0 bridgehead atoms. The Hall–Kier alpha value is -3.90. The predicted molar refractivity (Wildman–Crippen MR) is 136 cm³/mol. The van der Waals surface area contributed by atoms with Crippen molar-refractivity contribution >= 4 is 40.6 Å². The number of para-hydroxylation sites is 2. The maximum atomic E-state index is 13.8. The van der Waals surface area contributed by atoms with E-state index < -0.39 is 11.7 Å². The number of carbonyl (C=O) groups is 2. The van der Waals surface area contributed by atoms with Crippen molar-refractivity contribution in [3.05, 3.63) is 121 Å². The fraction of sp³-hybridized carbons (Fsp3) is 0.0714. The molecule has 4 nitrogen and oxygen atoms in total. The Balaban J connectivity index is 1.46. The van der Waals surface area contributed by atoms with Crippen LogP contribution >= 0.6 is 11.8 Å². The Morgan fingerprint density at radius 1 is 0.765 bits per heavy atom. The molecule has 34 heavy (non-hydrogen) atoms. The van der Waals surface area contributed by atoms with Gasteiger partial charge in [0.25, 0.3) is 5.91 Å². The summed E-state index contributed by atoms with van der Waals surface area (Å²) in [6, 6.07) is 32.1. The third kappa shape index (κ3) is 5.53. The molecule has 0 fully saturated rings. The zero-order chi connectivity index (χ0) is 23.9. The quantitative estimate of drug-likeness (QED) is 0.298. The lowest BCUT2D eigenvalue weighted by atomic mass is 10.2. The van der Waals surface area contributed by atoms with Gasteiger partial charge in [0.15, 0.2) is 0 Å². The maximum absolute atomic E-state index is 13.8. The van der Waals surface area contributed by atoms with E-state index in [0.29, 0.717) is 5.69 Å². The monoisotopic (exact) mass is 470 g/mol. The smallest absolute Gasteiger partial charge is 0.258 e. The molecule has 4 rings (SSSR count). The van der Waals surface area contributed by atoms with E-state index in [0.717, 1.165) is 16.3 Å². The zero-order valence-electron chi connectivity index (χ0n) is 18.5. The van der Waals surface area contributed by atoms with E-state index in [1.165, 1.54) is 30.0 Å². The highest BCUT2D eigenvalue weighted by Crippen LogP contribution is 2.31. The first-order valence-electron chi connectivity index (χ1n) is 10.8. The fourth-order valence-electron chi connectivity index (χ4n) is 3.45. The number of thioether (sulfide) groups is 1. The highest BCUT2D eigenvalue weighted by Gasteiger charge is 2.24. The molecular formula is C28H23FN2O2S. The van der Waals surface area contributed by atoms with Crippen molar-refractivity contribution in [1.29, 1.82) is 0 Å². The van der Waals surface area contributed by atoms with Crippen LogP contribution in [-0.2, 0) is 4.79 Å². The van der Waals surface area contributed by atoms with Gasteiger partial charge in [0, 0.05) is 22.0 Å². The number of hydrogen-bond acceptors (Lipinski definition) is 3. The zero-order valence-corrected chi connectivity index (χ0v) is 19.3. The topological polar surface area (TPSA) is 49.4 Å². The summed E-state index contributed by atoms with van der Waals surface area (Å²) in [4.78, 5) is 28.4. The van der Waals surface area contributed by atoms with Crippen LogP contribution in [0.1, 0.15) is 17.3 Å².